The summed E-state index contributed by atoms with van der Waals surface area (Å²) >= 11 is 0. The molecule has 20 heavy (non-hydrogen) atoms. The minimum Gasteiger partial charge on any atom is -0.489 e. The highest BCUT2D eigenvalue weighted by Crippen LogP contribution is 2.16. The molecule has 1 unspecified atom stereocenters. The van der Waals surface area contributed by atoms with E-state index >= 15 is 0 Å². The van der Waals surface area contributed by atoms with E-state index in [2.05, 4.69) is 23.0 Å². The zero-order valence-corrected chi connectivity index (χ0v) is 11.5. The Kier molecular flexibility index (Phi) is 4.96. The lowest BCUT2D eigenvalue weighted by molar-refractivity contribution is -0.142. The fourth-order valence-electron chi connectivity index (χ4n) is 1.99. The van der Waals surface area contributed by atoms with Gasteiger partial charge in [0.25, 0.3) is 0 Å². The number of carbonyl (C=O) groups is 1. The Morgan fingerprint density at radius 1 is 1.35 bits per heavy atom. The third-order valence-corrected chi connectivity index (χ3v) is 3.14. The van der Waals surface area contributed by atoms with E-state index in [4.69, 9.17) is 10.5 Å². The summed E-state index contributed by atoms with van der Waals surface area (Å²) in [5, 5.41) is 0. The maximum atomic E-state index is 11.2. The Morgan fingerprint density at radius 3 is 2.70 bits per heavy atom. The molecule has 0 fully saturated rings. The summed E-state index contributed by atoms with van der Waals surface area (Å²) in [5.74, 6) is 0.409. The topological polar surface area (TPSA) is 61.5 Å². The first-order valence-electron chi connectivity index (χ1n) is 6.60. The molecular weight excluding hydrogens is 254 g/mol. The van der Waals surface area contributed by atoms with Gasteiger partial charge in [-0.1, -0.05) is 30.4 Å². The molecule has 0 aliphatic heterocycles. The van der Waals surface area contributed by atoms with Gasteiger partial charge in [0, 0.05) is 0 Å². The van der Waals surface area contributed by atoms with Crippen LogP contribution >= 0.6 is 0 Å². The molecule has 0 heterocycles. The van der Waals surface area contributed by atoms with Crippen molar-refractivity contribution in [1.82, 2.24) is 0 Å². The van der Waals surface area contributed by atoms with Crippen molar-refractivity contribution in [3.05, 3.63) is 53.6 Å². The average molecular weight is 273 g/mol. The maximum absolute atomic E-state index is 11.2. The number of esters is 1. The third-order valence-electron chi connectivity index (χ3n) is 3.14. The molecular formula is C16H19NO3. The van der Waals surface area contributed by atoms with Gasteiger partial charge in [0.15, 0.2) is 0 Å². The lowest BCUT2D eigenvalue weighted by Crippen LogP contribution is -2.33. The molecule has 0 saturated heterocycles. The van der Waals surface area contributed by atoms with Crippen molar-refractivity contribution in [2.45, 2.75) is 18.9 Å². The van der Waals surface area contributed by atoms with Crippen LogP contribution < -0.4 is 10.5 Å². The van der Waals surface area contributed by atoms with Crippen LogP contribution in [0, 0.1) is 0 Å². The molecule has 2 N–H and O–H groups in total. The third kappa shape index (κ3) is 3.96. The SMILES string of the molecule is COC(=O)C(N)Cc1ccc(OCC2=CCC=C2)cc1. The molecule has 1 aromatic carbocycles. The van der Waals surface area contributed by atoms with E-state index in [0.29, 0.717) is 13.0 Å². The fourth-order valence-corrected chi connectivity index (χ4v) is 1.99. The number of benzene rings is 1. The van der Waals surface area contributed by atoms with E-state index in [-0.39, 0.29) is 0 Å². The number of nitrogens with two attached hydrogens (primary N) is 1. The molecule has 1 aliphatic rings. The molecule has 0 bridgehead atoms. The van der Waals surface area contributed by atoms with Gasteiger partial charge in [-0.3, -0.25) is 4.79 Å². The van der Waals surface area contributed by atoms with E-state index in [0.717, 1.165) is 17.7 Å². The largest absolute Gasteiger partial charge is 0.489 e. The van der Waals surface area contributed by atoms with Crippen LogP contribution in [0.3, 0.4) is 0 Å². The monoisotopic (exact) mass is 273 g/mol. The Hall–Kier alpha value is -2.07. The first-order chi connectivity index (χ1) is 9.69. The second-order valence-electron chi connectivity index (χ2n) is 4.68. The maximum Gasteiger partial charge on any atom is 0.322 e. The average Bonchev–Trinajstić information content (AvgIpc) is 2.99. The van der Waals surface area contributed by atoms with Gasteiger partial charge in [-0.15, -0.1) is 0 Å². The summed E-state index contributed by atoms with van der Waals surface area (Å²) < 4.78 is 10.3. The minimum atomic E-state index is -0.624. The zero-order valence-electron chi connectivity index (χ0n) is 11.5. The molecule has 4 heteroatoms. The standard InChI is InChI=1S/C16H19NO3/c1-19-16(18)15(17)10-12-6-8-14(9-7-12)20-11-13-4-2-3-5-13/h2,4-9,15H,3,10-11,17H2,1H3. The predicted molar refractivity (Wildman–Crippen MR) is 77.5 cm³/mol. The number of ether oxygens (including phenoxy) is 2. The summed E-state index contributed by atoms with van der Waals surface area (Å²) in [4.78, 5) is 11.2. The van der Waals surface area contributed by atoms with E-state index < -0.39 is 12.0 Å². The van der Waals surface area contributed by atoms with Crippen molar-refractivity contribution in [1.29, 1.82) is 0 Å². The lowest BCUT2D eigenvalue weighted by Gasteiger charge is -2.10. The molecule has 1 aliphatic carbocycles. The molecule has 106 valence electrons. The van der Waals surface area contributed by atoms with Gasteiger partial charge in [0.2, 0.25) is 0 Å². The van der Waals surface area contributed by atoms with Crippen molar-refractivity contribution in [2.75, 3.05) is 13.7 Å². The van der Waals surface area contributed by atoms with Gasteiger partial charge in [-0.05, 0) is 36.1 Å². The molecule has 2 rings (SSSR count). The van der Waals surface area contributed by atoms with Crippen molar-refractivity contribution < 1.29 is 14.3 Å². The Balaban J connectivity index is 1.86. The second-order valence-corrected chi connectivity index (χ2v) is 4.68. The summed E-state index contributed by atoms with van der Waals surface area (Å²) in [6.45, 7) is 0.581. The van der Waals surface area contributed by atoms with Crippen LogP contribution in [0.1, 0.15) is 12.0 Å². The number of allylic oxidation sites excluding steroid dienone is 2. The van der Waals surface area contributed by atoms with Gasteiger partial charge in [0.05, 0.1) is 7.11 Å². The van der Waals surface area contributed by atoms with Crippen LogP contribution in [0.15, 0.2) is 48.1 Å². The van der Waals surface area contributed by atoms with Gasteiger partial charge in [-0.25, -0.2) is 0 Å². The van der Waals surface area contributed by atoms with Gasteiger partial charge < -0.3 is 15.2 Å². The molecule has 0 radical (unpaired) electrons. The normalized spacial score (nSPS) is 14.8. The number of rotatable bonds is 6. The number of hydrogen-bond acceptors (Lipinski definition) is 4. The zero-order chi connectivity index (χ0) is 14.4. The highest BCUT2D eigenvalue weighted by molar-refractivity contribution is 5.75. The van der Waals surface area contributed by atoms with Crippen LogP contribution in [0.5, 0.6) is 5.75 Å². The first kappa shape index (κ1) is 14.3. The number of hydrogen-bond donors (Lipinski definition) is 1. The van der Waals surface area contributed by atoms with E-state index in [1.165, 1.54) is 12.7 Å². The predicted octanol–water partition coefficient (Wildman–Crippen LogP) is 1.99. The summed E-state index contributed by atoms with van der Waals surface area (Å²) in [5.41, 5.74) is 7.90. The molecule has 1 atom stereocenters. The van der Waals surface area contributed by atoms with E-state index in [1.54, 1.807) is 0 Å². The summed E-state index contributed by atoms with van der Waals surface area (Å²) in [6.07, 6.45) is 7.77. The van der Waals surface area contributed by atoms with Crippen LogP contribution in [0.4, 0.5) is 0 Å². The molecule has 0 amide bonds. The molecule has 1 aromatic rings. The first-order valence-corrected chi connectivity index (χ1v) is 6.60. The van der Waals surface area contributed by atoms with E-state index in [9.17, 15) is 4.79 Å². The summed E-state index contributed by atoms with van der Waals surface area (Å²) in [7, 11) is 1.34. The minimum absolute atomic E-state index is 0.398. The quantitative estimate of drug-likeness (QED) is 0.805. The molecule has 0 spiro atoms. The van der Waals surface area contributed by atoms with Crippen LogP contribution in [-0.2, 0) is 16.0 Å². The Labute approximate surface area is 118 Å². The molecule has 0 aromatic heterocycles. The second kappa shape index (κ2) is 6.91. The van der Waals surface area contributed by atoms with Crippen molar-refractivity contribution >= 4 is 5.97 Å². The molecule has 4 nitrogen and oxygen atoms in total. The van der Waals surface area contributed by atoms with Crippen molar-refractivity contribution in [3.8, 4) is 5.75 Å². The van der Waals surface area contributed by atoms with Gasteiger partial charge in [-0.2, -0.15) is 0 Å². The van der Waals surface area contributed by atoms with E-state index in [1.807, 2.05) is 24.3 Å². The number of methoxy groups -OCH3 is 1. The highest BCUT2D eigenvalue weighted by atomic mass is 16.5. The van der Waals surface area contributed by atoms with Crippen molar-refractivity contribution in [2.24, 2.45) is 5.73 Å². The van der Waals surface area contributed by atoms with Gasteiger partial charge >= 0.3 is 5.97 Å². The fraction of sp³-hybridized carbons (Fsp3) is 0.312. The summed E-state index contributed by atoms with van der Waals surface area (Å²) in [6, 6.07) is 6.98. The van der Waals surface area contributed by atoms with Crippen LogP contribution in [-0.4, -0.2) is 25.7 Å². The van der Waals surface area contributed by atoms with Crippen molar-refractivity contribution in [3.63, 3.8) is 0 Å². The van der Waals surface area contributed by atoms with Gasteiger partial charge in [0.1, 0.15) is 18.4 Å². The number of carbonyl (C=O) groups excluding carboxylic acids is 1. The lowest BCUT2D eigenvalue weighted by atomic mass is 10.1. The Bertz CT molecular complexity index is 517. The molecule has 0 saturated carbocycles. The van der Waals surface area contributed by atoms with Crippen LogP contribution in [0.25, 0.3) is 0 Å². The highest BCUT2D eigenvalue weighted by Gasteiger charge is 2.14. The Morgan fingerprint density at radius 2 is 2.10 bits per heavy atom. The van der Waals surface area contributed by atoms with Crippen LogP contribution in [0.2, 0.25) is 0 Å². The smallest absolute Gasteiger partial charge is 0.322 e.